The van der Waals surface area contributed by atoms with Crippen molar-refractivity contribution in [2.45, 2.75) is 65.2 Å². The average Bonchev–Trinajstić information content (AvgIpc) is 2.84. The van der Waals surface area contributed by atoms with E-state index < -0.39 is 24.0 Å². The van der Waals surface area contributed by atoms with Crippen molar-refractivity contribution in [1.82, 2.24) is 21.3 Å². The maximum Gasteiger partial charge on any atom is 0.414 e. The summed E-state index contributed by atoms with van der Waals surface area (Å²) in [4.78, 5) is 45.9. The molecule has 12 nitrogen and oxygen atoms in total. The zero-order valence-corrected chi connectivity index (χ0v) is 21.0. The summed E-state index contributed by atoms with van der Waals surface area (Å²) < 4.78 is 9.19. The van der Waals surface area contributed by atoms with Crippen LogP contribution in [0.2, 0.25) is 0 Å². The molecule has 0 fully saturated rings. The van der Waals surface area contributed by atoms with Crippen LogP contribution in [-0.4, -0.2) is 50.3 Å². The summed E-state index contributed by atoms with van der Waals surface area (Å²) in [5.41, 5.74) is -0.395. The molecule has 0 aromatic rings. The molecule has 0 aliphatic carbocycles. The maximum absolute atomic E-state index is 11.7. The van der Waals surface area contributed by atoms with Crippen molar-refractivity contribution in [3.05, 3.63) is 23.5 Å². The normalized spacial score (nSPS) is 10.9. The van der Waals surface area contributed by atoms with Crippen molar-refractivity contribution >= 4 is 24.0 Å². The van der Waals surface area contributed by atoms with E-state index in [9.17, 15) is 19.2 Å². The molecular weight excluding hydrogens is 468 g/mol. The highest BCUT2D eigenvalue weighted by Gasteiger charge is 2.14. The highest BCUT2D eigenvalue weighted by molar-refractivity contribution is 6.05. The first kappa shape index (κ1) is 31.9. The SMILES string of the molecule is CCOC(=O)NC(=O)/C(C#N)=C/NCCCCCCCCCCN/C=C(\C#N)C(=O)NC(=O)OCC. The second-order valence-corrected chi connectivity index (χ2v) is 7.43. The number of alkyl carbamates (subject to hydrolysis) is 2. The fraction of sp³-hybridized carbons (Fsp3) is 0.583. The maximum atomic E-state index is 11.7. The topological polar surface area (TPSA) is 182 Å². The molecule has 0 saturated heterocycles. The molecule has 0 aromatic carbocycles. The molecule has 0 heterocycles. The van der Waals surface area contributed by atoms with Gasteiger partial charge in [-0.05, 0) is 26.7 Å². The average molecular weight is 505 g/mol. The molecule has 4 N–H and O–H groups in total. The molecule has 198 valence electrons. The molecule has 36 heavy (non-hydrogen) atoms. The minimum absolute atomic E-state index is 0.129. The lowest BCUT2D eigenvalue weighted by atomic mass is 10.1. The molecular formula is C24H36N6O6. The van der Waals surface area contributed by atoms with Crippen LogP contribution >= 0.6 is 0 Å². The van der Waals surface area contributed by atoms with E-state index in [1.807, 2.05) is 10.6 Å². The van der Waals surface area contributed by atoms with Gasteiger partial charge in [0.25, 0.3) is 11.8 Å². The molecule has 4 amide bonds. The van der Waals surface area contributed by atoms with Gasteiger partial charge >= 0.3 is 12.2 Å². The Balaban J connectivity index is 3.81. The fourth-order valence-corrected chi connectivity index (χ4v) is 2.81. The number of amides is 4. The smallest absolute Gasteiger partial charge is 0.414 e. The van der Waals surface area contributed by atoms with Crippen LogP contribution in [0.1, 0.15) is 65.2 Å². The first-order valence-electron chi connectivity index (χ1n) is 12.0. The number of rotatable bonds is 17. The number of imide groups is 2. The number of nitriles is 2. The standard InChI is InChI=1S/C24H36N6O6/c1-3-35-23(33)29-21(31)19(15-25)17-27-13-11-9-7-5-6-8-10-12-14-28-18-20(16-26)22(32)30-24(34)36-4-2/h17-18,27-28H,3-14H2,1-2H3,(H,29,31,33)(H,30,32,34)/b19-17+,20-18+. The van der Waals surface area contributed by atoms with Crippen molar-refractivity contribution in [3.8, 4) is 12.1 Å². The first-order valence-corrected chi connectivity index (χ1v) is 12.0. The van der Waals surface area contributed by atoms with Gasteiger partial charge < -0.3 is 20.1 Å². The molecule has 0 aromatic heterocycles. The van der Waals surface area contributed by atoms with E-state index in [2.05, 4.69) is 20.1 Å². The van der Waals surface area contributed by atoms with E-state index in [-0.39, 0.29) is 24.4 Å². The van der Waals surface area contributed by atoms with Crippen molar-refractivity contribution < 1.29 is 28.7 Å². The highest BCUT2D eigenvalue weighted by Crippen LogP contribution is 2.08. The summed E-state index contributed by atoms with van der Waals surface area (Å²) in [6.07, 6.45) is 8.94. The number of hydrogen-bond acceptors (Lipinski definition) is 10. The molecule has 0 unspecified atom stereocenters. The third-order valence-corrected chi connectivity index (χ3v) is 4.60. The minimum Gasteiger partial charge on any atom is -0.450 e. The van der Waals surface area contributed by atoms with Crippen molar-refractivity contribution in [3.63, 3.8) is 0 Å². The first-order chi connectivity index (χ1) is 17.4. The van der Waals surface area contributed by atoms with Gasteiger partial charge in [-0.1, -0.05) is 38.5 Å². The summed E-state index contributed by atoms with van der Waals surface area (Å²) in [6, 6.07) is 3.48. The molecule has 0 aliphatic rings. The monoisotopic (exact) mass is 504 g/mol. The predicted molar refractivity (Wildman–Crippen MR) is 131 cm³/mol. The molecule has 0 atom stereocenters. The zero-order chi connectivity index (χ0) is 27.0. The predicted octanol–water partition coefficient (Wildman–Crippen LogP) is 2.65. The fourth-order valence-electron chi connectivity index (χ4n) is 2.81. The largest absolute Gasteiger partial charge is 0.450 e. The Kier molecular flexibility index (Phi) is 19.1. The summed E-state index contributed by atoms with van der Waals surface area (Å²) >= 11 is 0. The third-order valence-electron chi connectivity index (χ3n) is 4.60. The zero-order valence-electron chi connectivity index (χ0n) is 21.0. The van der Waals surface area contributed by atoms with E-state index in [0.29, 0.717) is 13.1 Å². The third kappa shape index (κ3) is 16.5. The van der Waals surface area contributed by atoms with Gasteiger partial charge in [-0.25, -0.2) is 9.59 Å². The van der Waals surface area contributed by atoms with Crippen LogP contribution < -0.4 is 21.3 Å². The Bertz CT molecular complexity index is 786. The van der Waals surface area contributed by atoms with Crippen LogP contribution in [0, 0.1) is 22.7 Å². The number of carbonyl (C=O) groups is 4. The minimum atomic E-state index is -0.887. The van der Waals surface area contributed by atoms with E-state index in [1.54, 1.807) is 26.0 Å². The van der Waals surface area contributed by atoms with Crippen LogP contribution in [0.25, 0.3) is 0 Å². The lowest BCUT2D eigenvalue weighted by Gasteiger charge is -2.05. The quantitative estimate of drug-likeness (QED) is 0.130. The molecule has 0 radical (unpaired) electrons. The molecule has 0 aliphatic heterocycles. The van der Waals surface area contributed by atoms with Gasteiger partial charge in [0.2, 0.25) is 0 Å². The molecule has 0 saturated carbocycles. The van der Waals surface area contributed by atoms with Gasteiger partial charge in [-0.15, -0.1) is 0 Å². The summed E-state index contributed by atoms with van der Waals surface area (Å²) in [5, 5.41) is 27.8. The second kappa shape index (κ2) is 21.5. The Morgan fingerprint density at radius 1 is 0.639 bits per heavy atom. The molecule has 0 rings (SSSR count). The van der Waals surface area contributed by atoms with E-state index >= 15 is 0 Å². The van der Waals surface area contributed by atoms with Crippen LogP contribution in [0.3, 0.4) is 0 Å². The van der Waals surface area contributed by atoms with Gasteiger partial charge in [-0.2, -0.15) is 10.5 Å². The Morgan fingerprint density at radius 2 is 0.972 bits per heavy atom. The lowest BCUT2D eigenvalue weighted by Crippen LogP contribution is -2.32. The molecule has 0 bridgehead atoms. The van der Waals surface area contributed by atoms with E-state index in [1.165, 1.54) is 12.4 Å². The molecule has 0 spiro atoms. The number of nitrogens with zero attached hydrogens (tertiary/aromatic N) is 2. The summed E-state index contributed by atoms with van der Waals surface area (Å²) in [6.45, 7) is 4.70. The highest BCUT2D eigenvalue weighted by atomic mass is 16.6. The number of hydrogen-bond donors (Lipinski definition) is 4. The summed E-state index contributed by atoms with van der Waals surface area (Å²) in [5.74, 6) is -1.61. The van der Waals surface area contributed by atoms with Gasteiger partial charge in [0.15, 0.2) is 0 Å². The van der Waals surface area contributed by atoms with Crippen LogP contribution in [0.15, 0.2) is 23.5 Å². The van der Waals surface area contributed by atoms with Crippen molar-refractivity contribution in [2.75, 3.05) is 26.3 Å². The van der Waals surface area contributed by atoms with Crippen molar-refractivity contribution in [2.24, 2.45) is 0 Å². The number of nitrogens with one attached hydrogen (secondary N) is 4. The number of carbonyl (C=O) groups excluding carboxylic acids is 4. The Morgan fingerprint density at radius 3 is 1.28 bits per heavy atom. The van der Waals surface area contributed by atoms with E-state index in [0.717, 1.165) is 51.4 Å². The van der Waals surface area contributed by atoms with Gasteiger partial charge in [-0.3, -0.25) is 20.2 Å². The van der Waals surface area contributed by atoms with Gasteiger partial charge in [0.1, 0.15) is 23.3 Å². The van der Waals surface area contributed by atoms with Crippen LogP contribution in [-0.2, 0) is 19.1 Å². The Labute approximate surface area is 212 Å². The number of ether oxygens (including phenoxy) is 2. The molecule has 12 heteroatoms. The van der Waals surface area contributed by atoms with E-state index in [4.69, 9.17) is 10.5 Å². The van der Waals surface area contributed by atoms with Gasteiger partial charge in [0.05, 0.1) is 13.2 Å². The van der Waals surface area contributed by atoms with Crippen LogP contribution in [0.4, 0.5) is 9.59 Å². The lowest BCUT2D eigenvalue weighted by molar-refractivity contribution is -0.117. The Hall–Kier alpha value is -4.06. The summed E-state index contributed by atoms with van der Waals surface area (Å²) in [7, 11) is 0. The second-order valence-electron chi connectivity index (χ2n) is 7.43. The van der Waals surface area contributed by atoms with Crippen LogP contribution in [0.5, 0.6) is 0 Å². The number of unbranched alkanes of at least 4 members (excludes halogenated alkanes) is 7. The van der Waals surface area contributed by atoms with Crippen molar-refractivity contribution in [1.29, 1.82) is 10.5 Å². The van der Waals surface area contributed by atoms with Gasteiger partial charge in [0, 0.05) is 25.5 Å².